The van der Waals surface area contributed by atoms with Crippen LogP contribution in [-0.2, 0) is 19.7 Å². The fourth-order valence-electron chi connectivity index (χ4n) is 1.99. The van der Waals surface area contributed by atoms with Gasteiger partial charge in [0.15, 0.2) is 5.78 Å². The standard InChI is InChI=1S/C13H13BrO3/c1-17-12(16)8-11(15)13(6-7-13)9-2-4-10(14)5-3-9/h2-5H,6-8H2,1H3. The molecule has 3 nitrogen and oxygen atoms in total. The summed E-state index contributed by atoms with van der Waals surface area (Å²) in [5, 5.41) is 0. The number of carbonyl (C=O) groups is 2. The molecule has 0 unspecified atom stereocenters. The zero-order chi connectivity index (χ0) is 12.5. The van der Waals surface area contributed by atoms with Gasteiger partial charge in [-0.05, 0) is 30.5 Å². The maximum Gasteiger partial charge on any atom is 0.313 e. The van der Waals surface area contributed by atoms with E-state index in [0.29, 0.717) is 0 Å². The van der Waals surface area contributed by atoms with E-state index in [4.69, 9.17) is 0 Å². The van der Waals surface area contributed by atoms with Crippen LogP contribution in [0, 0.1) is 0 Å². The summed E-state index contributed by atoms with van der Waals surface area (Å²) in [6.45, 7) is 0. The van der Waals surface area contributed by atoms with E-state index in [1.54, 1.807) is 0 Å². The molecule has 1 aromatic rings. The highest BCUT2D eigenvalue weighted by Crippen LogP contribution is 2.49. The molecule has 1 aromatic carbocycles. The molecule has 0 bridgehead atoms. The van der Waals surface area contributed by atoms with Gasteiger partial charge in [0, 0.05) is 4.47 Å². The number of methoxy groups -OCH3 is 1. The quantitative estimate of drug-likeness (QED) is 0.634. The number of Topliss-reactive ketones (excluding diaryl/α,β-unsaturated/α-hetero) is 1. The normalized spacial score (nSPS) is 16.4. The molecule has 1 aliphatic carbocycles. The van der Waals surface area contributed by atoms with Crippen molar-refractivity contribution in [1.29, 1.82) is 0 Å². The molecule has 0 amide bonds. The van der Waals surface area contributed by atoms with Crippen LogP contribution in [0.15, 0.2) is 28.7 Å². The first-order valence-electron chi connectivity index (χ1n) is 5.45. The Labute approximate surface area is 108 Å². The number of ketones is 1. The Morgan fingerprint density at radius 3 is 2.35 bits per heavy atom. The highest BCUT2D eigenvalue weighted by atomic mass is 79.9. The Morgan fingerprint density at radius 2 is 1.88 bits per heavy atom. The van der Waals surface area contributed by atoms with Crippen LogP contribution in [0.2, 0.25) is 0 Å². The van der Waals surface area contributed by atoms with E-state index in [1.165, 1.54) is 7.11 Å². The van der Waals surface area contributed by atoms with Crippen molar-refractivity contribution >= 4 is 27.7 Å². The number of rotatable bonds is 4. The zero-order valence-corrected chi connectivity index (χ0v) is 11.1. The summed E-state index contributed by atoms with van der Waals surface area (Å²) in [6.07, 6.45) is 1.52. The third kappa shape index (κ3) is 2.41. The molecule has 0 N–H and O–H groups in total. The van der Waals surface area contributed by atoms with Crippen molar-refractivity contribution in [1.82, 2.24) is 0 Å². The predicted octanol–water partition coefficient (Wildman–Crippen LogP) is 2.61. The lowest BCUT2D eigenvalue weighted by Crippen LogP contribution is -2.23. The molecule has 0 aromatic heterocycles. The number of hydrogen-bond donors (Lipinski definition) is 0. The number of hydrogen-bond acceptors (Lipinski definition) is 3. The van der Waals surface area contributed by atoms with E-state index in [2.05, 4.69) is 20.7 Å². The van der Waals surface area contributed by atoms with Crippen molar-refractivity contribution in [3.05, 3.63) is 34.3 Å². The van der Waals surface area contributed by atoms with Gasteiger partial charge in [-0.3, -0.25) is 9.59 Å². The number of benzene rings is 1. The lowest BCUT2D eigenvalue weighted by atomic mass is 9.90. The molecule has 4 heteroatoms. The summed E-state index contributed by atoms with van der Waals surface area (Å²) in [7, 11) is 1.30. The summed E-state index contributed by atoms with van der Waals surface area (Å²) < 4.78 is 5.52. The van der Waals surface area contributed by atoms with E-state index in [1.807, 2.05) is 24.3 Å². The van der Waals surface area contributed by atoms with Gasteiger partial charge in [-0.2, -0.15) is 0 Å². The summed E-state index contributed by atoms with van der Waals surface area (Å²) >= 11 is 3.36. The van der Waals surface area contributed by atoms with Gasteiger partial charge in [0.25, 0.3) is 0 Å². The Bertz CT molecular complexity index is 446. The number of ether oxygens (including phenoxy) is 1. The highest BCUT2D eigenvalue weighted by molar-refractivity contribution is 9.10. The minimum absolute atomic E-state index is 0.0355. The third-order valence-corrected chi connectivity index (χ3v) is 3.74. The van der Waals surface area contributed by atoms with E-state index in [-0.39, 0.29) is 12.2 Å². The molecular weight excluding hydrogens is 284 g/mol. The monoisotopic (exact) mass is 296 g/mol. The topological polar surface area (TPSA) is 43.4 Å². The van der Waals surface area contributed by atoms with Crippen molar-refractivity contribution < 1.29 is 14.3 Å². The van der Waals surface area contributed by atoms with Crippen LogP contribution in [0.4, 0.5) is 0 Å². The van der Waals surface area contributed by atoms with E-state index in [9.17, 15) is 9.59 Å². The number of halogens is 1. The summed E-state index contributed by atoms with van der Waals surface area (Å²) in [6, 6.07) is 7.71. The lowest BCUT2D eigenvalue weighted by Gasteiger charge is -2.13. The second-order valence-electron chi connectivity index (χ2n) is 4.27. The van der Waals surface area contributed by atoms with Crippen molar-refractivity contribution in [2.24, 2.45) is 0 Å². The van der Waals surface area contributed by atoms with Gasteiger partial charge in [-0.25, -0.2) is 0 Å². The summed E-state index contributed by atoms with van der Waals surface area (Å²) in [4.78, 5) is 23.2. The average molecular weight is 297 g/mol. The molecule has 17 heavy (non-hydrogen) atoms. The van der Waals surface area contributed by atoms with Gasteiger partial charge in [0.1, 0.15) is 6.42 Å². The molecular formula is C13H13BrO3. The Morgan fingerprint density at radius 1 is 1.29 bits per heavy atom. The van der Waals surface area contributed by atoms with Gasteiger partial charge < -0.3 is 4.74 Å². The second kappa shape index (κ2) is 4.61. The smallest absolute Gasteiger partial charge is 0.313 e. The Kier molecular flexibility index (Phi) is 3.33. The van der Waals surface area contributed by atoms with Gasteiger partial charge in [-0.1, -0.05) is 28.1 Å². The molecule has 90 valence electrons. The lowest BCUT2D eigenvalue weighted by molar-refractivity contribution is -0.143. The van der Waals surface area contributed by atoms with Crippen LogP contribution in [0.5, 0.6) is 0 Å². The predicted molar refractivity (Wildman–Crippen MR) is 66.7 cm³/mol. The Hall–Kier alpha value is -1.16. The molecule has 0 spiro atoms. The van der Waals surface area contributed by atoms with Crippen molar-refractivity contribution in [3.8, 4) is 0 Å². The summed E-state index contributed by atoms with van der Waals surface area (Å²) in [5.41, 5.74) is 0.559. The minimum Gasteiger partial charge on any atom is -0.469 e. The van der Waals surface area contributed by atoms with Crippen LogP contribution in [0.25, 0.3) is 0 Å². The van der Waals surface area contributed by atoms with Crippen molar-refractivity contribution in [2.75, 3.05) is 7.11 Å². The van der Waals surface area contributed by atoms with Gasteiger partial charge in [0.05, 0.1) is 12.5 Å². The second-order valence-corrected chi connectivity index (χ2v) is 5.18. The first-order valence-corrected chi connectivity index (χ1v) is 6.24. The molecule has 0 aliphatic heterocycles. The zero-order valence-electron chi connectivity index (χ0n) is 9.53. The minimum atomic E-state index is -0.460. The van der Waals surface area contributed by atoms with Gasteiger partial charge in [-0.15, -0.1) is 0 Å². The van der Waals surface area contributed by atoms with Crippen LogP contribution in [0.1, 0.15) is 24.8 Å². The van der Waals surface area contributed by atoms with Crippen LogP contribution < -0.4 is 0 Å². The first kappa shape index (κ1) is 12.3. The van der Waals surface area contributed by atoms with Gasteiger partial charge >= 0.3 is 5.97 Å². The molecule has 2 rings (SSSR count). The molecule has 0 atom stereocenters. The largest absolute Gasteiger partial charge is 0.469 e. The molecule has 0 radical (unpaired) electrons. The molecule has 1 aliphatic rings. The molecule has 1 saturated carbocycles. The highest BCUT2D eigenvalue weighted by Gasteiger charge is 2.50. The van der Waals surface area contributed by atoms with Crippen LogP contribution in [0.3, 0.4) is 0 Å². The fourth-order valence-corrected chi connectivity index (χ4v) is 2.26. The van der Waals surface area contributed by atoms with Crippen LogP contribution >= 0.6 is 15.9 Å². The van der Waals surface area contributed by atoms with E-state index < -0.39 is 11.4 Å². The molecule has 0 saturated heterocycles. The van der Waals surface area contributed by atoms with E-state index >= 15 is 0 Å². The van der Waals surface area contributed by atoms with E-state index in [0.717, 1.165) is 22.9 Å². The average Bonchev–Trinajstić information content (AvgIpc) is 3.11. The molecule has 0 heterocycles. The maximum atomic E-state index is 12.1. The third-order valence-electron chi connectivity index (χ3n) is 3.21. The van der Waals surface area contributed by atoms with Crippen molar-refractivity contribution in [3.63, 3.8) is 0 Å². The molecule has 1 fully saturated rings. The van der Waals surface area contributed by atoms with Gasteiger partial charge in [0.2, 0.25) is 0 Å². The summed E-state index contributed by atoms with van der Waals surface area (Å²) in [5.74, 6) is -0.495. The number of carbonyl (C=O) groups excluding carboxylic acids is 2. The van der Waals surface area contributed by atoms with Crippen LogP contribution in [-0.4, -0.2) is 18.9 Å². The Balaban J connectivity index is 2.16. The maximum absolute atomic E-state index is 12.1. The first-order chi connectivity index (χ1) is 8.08. The fraction of sp³-hybridized carbons (Fsp3) is 0.385. The SMILES string of the molecule is COC(=O)CC(=O)C1(c2ccc(Br)cc2)CC1. The van der Waals surface area contributed by atoms with Crippen molar-refractivity contribution in [2.45, 2.75) is 24.7 Å². The number of esters is 1.